The van der Waals surface area contributed by atoms with Crippen molar-refractivity contribution in [1.29, 1.82) is 0 Å². The maximum Gasteiger partial charge on any atom is 0.406 e. The second-order valence-electron chi connectivity index (χ2n) is 5.69. The van der Waals surface area contributed by atoms with E-state index >= 15 is 0 Å². The fourth-order valence-corrected chi connectivity index (χ4v) is 2.94. The lowest BCUT2D eigenvalue weighted by molar-refractivity contribution is -0.158. The van der Waals surface area contributed by atoms with Gasteiger partial charge < -0.3 is 14.6 Å². The molecule has 0 aliphatic carbocycles. The van der Waals surface area contributed by atoms with Crippen molar-refractivity contribution in [3.63, 3.8) is 0 Å². The number of aliphatic hydroxyl groups is 1. The molecule has 24 heavy (non-hydrogen) atoms. The van der Waals surface area contributed by atoms with Crippen molar-refractivity contribution in [1.82, 2.24) is 14.5 Å². The molecule has 2 heterocycles. The first-order valence-corrected chi connectivity index (χ1v) is 7.48. The zero-order valence-electron chi connectivity index (χ0n) is 12.6. The Morgan fingerprint density at radius 1 is 1.29 bits per heavy atom. The number of benzene rings is 1. The normalized spacial score (nSPS) is 19.8. The summed E-state index contributed by atoms with van der Waals surface area (Å²) in [6, 6.07) is 7.99. The van der Waals surface area contributed by atoms with E-state index < -0.39 is 30.8 Å². The van der Waals surface area contributed by atoms with Crippen LogP contribution in [0, 0.1) is 0 Å². The molecule has 2 atom stereocenters. The summed E-state index contributed by atoms with van der Waals surface area (Å²) in [4.78, 5) is 17.2. The van der Waals surface area contributed by atoms with Crippen LogP contribution in [-0.2, 0) is 4.79 Å². The van der Waals surface area contributed by atoms with E-state index in [0.29, 0.717) is 5.56 Å². The molecule has 0 saturated carbocycles. The molecular weight excluding hydrogens is 323 g/mol. The van der Waals surface area contributed by atoms with Crippen LogP contribution in [0.5, 0.6) is 0 Å². The molecule has 0 radical (unpaired) electrons. The van der Waals surface area contributed by atoms with Gasteiger partial charge in [0.25, 0.3) is 0 Å². The van der Waals surface area contributed by atoms with Gasteiger partial charge in [-0.3, -0.25) is 4.79 Å². The Balaban J connectivity index is 1.82. The number of hydrogen-bond acceptors (Lipinski definition) is 3. The van der Waals surface area contributed by atoms with E-state index in [0.717, 1.165) is 4.90 Å². The number of imidazole rings is 1. The summed E-state index contributed by atoms with van der Waals surface area (Å²) in [6.45, 7) is -1.23. The van der Waals surface area contributed by atoms with Crippen LogP contribution in [0.1, 0.15) is 30.0 Å². The molecule has 1 aromatic carbocycles. The number of halogens is 3. The minimum absolute atomic E-state index is 0.0298. The Morgan fingerprint density at radius 2 is 2.00 bits per heavy atom. The number of likely N-dealkylation sites (tertiary alicyclic amines) is 1. The van der Waals surface area contributed by atoms with E-state index in [1.54, 1.807) is 30.3 Å². The molecule has 1 aromatic heterocycles. The number of nitrogens with zero attached hydrogens (tertiary/aromatic N) is 3. The lowest BCUT2D eigenvalue weighted by Crippen LogP contribution is -2.36. The first kappa shape index (κ1) is 16.5. The molecule has 0 bridgehead atoms. The molecule has 1 aliphatic heterocycles. The lowest BCUT2D eigenvalue weighted by atomic mass is 10.1. The van der Waals surface area contributed by atoms with E-state index in [4.69, 9.17) is 0 Å². The quantitative estimate of drug-likeness (QED) is 0.930. The highest BCUT2D eigenvalue weighted by Crippen LogP contribution is 2.30. The first-order valence-electron chi connectivity index (χ1n) is 7.48. The summed E-state index contributed by atoms with van der Waals surface area (Å²) < 4.78 is 39.0. The third-order valence-electron chi connectivity index (χ3n) is 4.03. The Hall–Kier alpha value is -2.35. The molecule has 8 heteroatoms. The van der Waals surface area contributed by atoms with E-state index in [1.807, 2.05) is 0 Å². The third-order valence-corrected chi connectivity index (χ3v) is 4.03. The highest BCUT2D eigenvalue weighted by molar-refractivity contribution is 5.82. The highest BCUT2D eigenvalue weighted by atomic mass is 19.4. The highest BCUT2D eigenvalue weighted by Gasteiger charge is 2.40. The molecule has 1 fully saturated rings. The van der Waals surface area contributed by atoms with Gasteiger partial charge in [-0.25, -0.2) is 4.98 Å². The first-order chi connectivity index (χ1) is 11.4. The van der Waals surface area contributed by atoms with Crippen molar-refractivity contribution < 1.29 is 23.1 Å². The van der Waals surface area contributed by atoms with Crippen LogP contribution in [0.4, 0.5) is 13.2 Å². The smallest absolute Gasteiger partial charge is 0.380 e. The van der Waals surface area contributed by atoms with Gasteiger partial charge >= 0.3 is 6.18 Å². The average Bonchev–Trinajstić information content (AvgIpc) is 3.14. The van der Waals surface area contributed by atoms with Gasteiger partial charge in [-0.05, 0) is 12.0 Å². The fourth-order valence-electron chi connectivity index (χ4n) is 2.94. The zero-order valence-corrected chi connectivity index (χ0v) is 12.6. The predicted octanol–water partition coefficient (Wildman–Crippen LogP) is 2.30. The zero-order chi connectivity index (χ0) is 17.3. The van der Waals surface area contributed by atoms with Crippen molar-refractivity contribution in [2.24, 2.45) is 0 Å². The molecule has 128 valence electrons. The van der Waals surface area contributed by atoms with Gasteiger partial charge in [0.05, 0.1) is 0 Å². The molecule has 1 amide bonds. The number of aromatic nitrogens is 2. The number of hydrogen-bond donors (Lipinski definition) is 1. The van der Waals surface area contributed by atoms with Gasteiger partial charge in [-0.1, -0.05) is 30.3 Å². The topological polar surface area (TPSA) is 58.4 Å². The summed E-state index contributed by atoms with van der Waals surface area (Å²) in [5, 5.41) is 10.5. The van der Waals surface area contributed by atoms with E-state index in [2.05, 4.69) is 4.98 Å². The second-order valence-corrected chi connectivity index (χ2v) is 5.69. The Morgan fingerprint density at radius 3 is 2.67 bits per heavy atom. The van der Waals surface area contributed by atoms with Crippen LogP contribution < -0.4 is 0 Å². The lowest BCUT2D eigenvalue weighted by Gasteiger charge is -2.20. The predicted molar refractivity (Wildman–Crippen MR) is 79.0 cm³/mol. The van der Waals surface area contributed by atoms with Crippen molar-refractivity contribution >= 4 is 5.91 Å². The van der Waals surface area contributed by atoms with Crippen LogP contribution >= 0.6 is 0 Å². The monoisotopic (exact) mass is 339 g/mol. The number of carbonyl (C=O) groups is 1. The molecule has 2 aromatic rings. The summed E-state index contributed by atoms with van der Waals surface area (Å²) >= 11 is 0. The number of alkyl halides is 3. The van der Waals surface area contributed by atoms with E-state index in [9.17, 15) is 23.1 Å². The molecular formula is C16H16F3N3O2. The maximum atomic E-state index is 12.5. The van der Waals surface area contributed by atoms with E-state index in [-0.39, 0.29) is 18.8 Å². The Bertz CT molecular complexity index is 715. The summed E-state index contributed by atoms with van der Waals surface area (Å²) in [7, 11) is 0. The van der Waals surface area contributed by atoms with Crippen LogP contribution in [-0.4, -0.2) is 44.7 Å². The average molecular weight is 339 g/mol. The van der Waals surface area contributed by atoms with Gasteiger partial charge in [0, 0.05) is 18.9 Å². The maximum absolute atomic E-state index is 12.5. The third kappa shape index (κ3) is 3.28. The van der Waals surface area contributed by atoms with Gasteiger partial charge in [-0.2, -0.15) is 13.2 Å². The van der Waals surface area contributed by atoms with Gasteiger partial charge in [0.15, 0.2) is 0 Å². The molecule has 0 spiro atoms. The SMILES string of the molecule is O=C1[C@@H](n2ccnc2[C@H](O)c2ccccc2)CCN1CC(F)(F)F. The Kier molecular flexibility index (Phi) is 4.31. The standard InChI is InChI=1S/C16H16F3N3O2/c17-16(18,19)10-21-8-6-12(15(21)24)22-9-7-20-14(22)13(23)11-4-2-1-3-5-11/h1-5,7,9,12-13,23H,6,8,10H2/t12-,13+/m0/s1. The minimum atomic E-state index is -4.42. The fraction of sp³-hybridized carbons (Fsp3) is 0.375. The van der Waals surface area contributed by atoms with Crippen molar-refractivity contribution in [3.05, 3.63) is 54.1 Å². The van der Waals surface area contributed by atoms with Gasteiger partial charge in [-0.15, -0.1) is 0 Å². The summed E-state index contributed by atoms with van der Waals surface area (Å²) in [5.74, 6) is -0.361. The minimum Gasteiger partial charge on any atom is -0.380 e. The summed E-state index contributed by atoms with van der Waals surface area (Å²) in [6.07, 6.45) is -2.28. The molecule has 3 rings (SSSR count). The number of rotatable bonds is 4. The van der Waals surface area contributed by atoms with Gasteiger partial charge in [0.1, 0.15) is 24.5 Å². The molecule has 1 saturated heterocycles. The second kappa shape index (κ2) is 6.27. The molecule has 1 aliphatic rings. The molecule has 5 nitrogen and oxygen atoms in total. The molecule has 0 unspecified atom stereocenters. The van der Waals surface area contributed by atoms with Crippen LogP contribution in [0.15, 0.2) is 42.7 Å². The van der Waals surface area contributed by atoms with Crippen LogP contribution in [0.25, 0.3) is 0 Å². The largest absolute Gasteiger partial charge is 0.406 e. The van der Waals surface area contributed by atoms with Crippen molar-refractivity contribution in [2.45, 2.75) is 24.7 Å². The van der Waals surface area contributed by atoms with E-state index in [1.165, 1.54) is 17.0 Å². The number of aliphatic hydroxyl groups excluding tert-OH is 1. The number of amides is 1. The van der Waals surface area contributed by atoms with Crippen LogP contribution in [0.3, 0.4) is 0 Å². The van der Waals surface area contributed by atoms with Crippen molar-refractivity contribution in [2.75, 3.05) is 13.1 Å². The number of carbonyl (C=O) groups excluding carboxylic acids is 1. The Labute approximate surface area is 136 Å². The van der Waals surface area contributed by atoms with Crippen LogP contribution in [0.2, 0.25) is 0 Å². The molecule has 1 N–H and O–H groups in total. The van der Waals surface area contributed by atoms with Crippen molar-refractivity contribution in [3.8, 4) is 0 Å². The van der Waals surface area contributed by atoms with Gasteiger partial charge in [0.2, 0.25) is 5.91 Å². The summed E-state index contributed by atoms with van der Waals surface area (Å²) in [5.41, 5.74) is 0.600.